The van der Waals surface area contributed by atoms with Crippen LogP contribution in [0.2, 0.25) is 0 Å². The molecule has 2 heterocycles. The molecule has 1 atom stereocenters. The average molecular weight is 344 g/mol. The number of aromatic nitrogens is 1. The molecule has 4 rings (SSSR count). The van der Waals surface area contributed by atoms with E-state index in [1.54, 1.807) is 6.20 Å². The molecule has 5 heteroatoms. The summed E-state index contributed by atoms with van der Waals surface area (Å²) in [4.78, 5) is 14.8. The smallest absolute Gasteiger partial charge is 0.228 e. The number of carbonyl (C=O) groups is 1. The molecule has 130 valence electrons. The van der Waals surface area contributed by atoms with Crippen LogP contribution in [0.4, 0.5) is 5.69 Å². The molecule has 3 aromatic rings. The van der Waals surface area contributed by atoms with Gasteiger partial charge in [-0.1, -0.05) is 30.3 Å². The third-order valence-corrected chi connectivity index (χ3v) is 4.99. The van der Waals surface area contributed by atoms with Gasteiger partial charge in [0.1, 0.15) is 0 Å². The Balaban J connectivity index is 1.74. The SMILES string of the molecule is CN1CCC(C(=O)Nc2cc(-c3ccccc3)c3cn(C#N)cc3c2)C1. The van der Waals surface area contributed by atoms with Gasteiger partial charge in [0.2, 0.25) is 5.91 Å². The van der Waals surface area contributed by atoms with Gasteiger partial charge in [0.15, 0.2) is 6.19 Å². The Morgan fingerprint density at radius 2 is 2.04 bits per heavy atom. The summed E-state index contributed by atoms with van der Waals surface area (Å²) in [7, 11) is 2.04. The molecule has 26 heavy (non-hydrogen) atoms. The Morgan fingerprint density at radius 1 is 1.23 bits per heavy atom. The summed E-state index contributed by atoms with van der Waals surface area (Å²) in [6.45, 7) is 1.75. The lowest BCUT2D eigenvalue weighted by Crippen LogP contribution is -2.25. The number of benzene rings is 2. The molecule has 1 N–H and O–H groups in total. The number of carbonyl (C=O) groups excluding carboxylic acids is 1. The van der Waals surface area contributed by atoms with Crippen LogP contribution in [-0.4, -0.2) is 35.5 Å². The molecule has 1 saturated heterocycles. The fourth-order valence-electron chi connectivity index (χ4n) is 3.63. The minimum absolute atomic E-state index is 0.0274. The first-order valence-corrected chi connectivity index (χ1v) is 8.75. The van der Waals surface area contributed by atoms with Gasteiger partial charge >= 0.3 is 0 Å². The second-order valence-electron chi connectivity index (χ2n) is 6.90. The molecule has 1 aliphatic heterocycles. The van der Waals surface area contributed by atoms with Gasteiger partial charge in [-0.05, 0) is 43.3 Å². The maximum atomic E-state index is 12.6. The highest BCUT2D eigenvalue weighted by atomic mass is 16.1. The normalized spacial score (nSPS) is 17.3. The van der Waals surface area contributed by atoms with Crippen molar-refractivity contribution in [1.82, 2.24) is 9.47 Å². The van der Waals surface area contributed by atoms with E-state index in [9.17, 15) is 10.1 Å². The Morgan fingerprint density at radius 3 is 2.73 bits per heavy atom. The lowest BCUT2D eigenvalue weighted by Gasteiger charge is -2.13. The molecule has 1 unspecified atom stereocenters. The summed E-state index contributed by atoms with van der Waals surface area (Å²) in [5.41, 5.74) is 2.84. The molecule has 2 aromatic carbocycles. The predicted molar refractivity (Wildman–Crippen MR) is 103 cm³/mol. The van der Waals surface area contributed by atoms with Gasteiger partial charge in [-0.2, -0.15) is 5.26 Å². The molecule has 5 nitrogen and oxygen atoms in total. The topological polar surface area (TPSA) is 61.1 Å². The van der Waals surface area contributed by atoms with Crippen LogP contribution in [-0.2, 0) is 4.79 Å². The van der Waals surface area contributed by atoms with E-state index in [1.807, 2.05) is 55.7 Å². The number of hydrogen-bond acceptors (Lipinski definition) is 3. The summed E-state index contributed by atoms with van der Waals surface area (Å²) in [5, 5.41) is 14.2. The number of hydrogen-bond donors (Lipinski definition) is 1. The molecule has 0 radical (unpaired) electrons. The van der Waals surface area contributed by atoms with Gasteiger partial charge in [0, 0.05) is 35.4 Å². The van der Waals surface area contributed by atoms with Crippen LogP contribution in [0.15, 0.2) is 54.9 Å². The number of nitrogens with zero attached hydrogens (tertiary/aromatic N) is 3. The van der Waals surface area contributed by atoms with E-state index in [0.29, 0.717) is 0 Å². The third kappa shape index (κ3) is 3.07. The lowest BCUT2D eigenvalue weighted by molar-refractivity contribution is -0.119. The zero-order valence-electron chi connectivity index (χ0n) is 14.6. The quantitative estimate of drug-likeness (QED) is 0.791. The highest BCUT2D eigenvalue weighted by Gasteiger charge is 2.26. The zero-order chi connectivity index (χ0) is 18.1. The number of fused-ring (bicyclic) bond motifs is 1. The van der Waals surface area contributed by atoms with Crippen LogP contribution >= 0.6 is 0 Å². The summed E-state index contributed by atoms with van der Waals surface area (Å²) in [5.74, 6) is 0.0898. The minimum atomic E-state index is 0.0274. The van der Waals surface area contributed by atoms with E-state index in [0.717, 1.165) is 47.1 Å². The first-order chi connectivity index (χ1) is 12.6. The second-order valence-corrected chi connectivity index (χ2v) is 6.90. The van der Waals surface area contributed by atoms with Gasteiger partial charge in [0.05, 0.1) is 5.92 Å². The van der Waals surface area contributed by atoms with Crippen molar-refractivity contribution < 1.29 is 4.79 Å². The molecular weight excluding hydrogens is 324 g/mol. The van der Waals surface area contributed by atoms with Crippen molar-refractivity contribution in [3.05, 3.63) is 54.9 Å². The van der Waals surface area contributed by atoms with Crippen molar-refractivity contribution >= 4 is 22.4 Å². The van der Waals surface area contributed by atoms with E-state index in [1.165, 1.54) is 4.57 Å². The lowest BCUT2D eigenvalue weighted by atomic mass is 10.00. The summed E-state index contributed by atoms with van der Waals surface area (Å²) in [6.07, 6.45) is 6.64. The molecule has 0 aliphatic carbocycles. The highest BCUT2D eigenvalue weighted by Crippen LogP contribution is 2.33. The molecular formula is C21H20N4O. The molecule has 0 spiro atoms. The number of nitrogens with one attached hydrogen (secondary N) is 1. The van der Waals surface area contributed by atoms with E-state index < -0.39 is 0 Å². The standard InChI is InChI=1S/C21H20N4O/c1-24-8-7-16(11-24)21(26)23-18-9-17-12-25(14-22)13-20(17)19(10-18)15-5-3-2-4-6-15/h2-6,9-10,12-13,16H,7-8,11H2,1H3,(H,23,26). The number of likely N-dealkylation sites (tertiary alicyclic amines) is 1. The predicted octanol–water partition coefficient (Wildman–Crippen LogP) is 3.53. The average Bonchev–Trinajstić information content (AvgIpc) is 3.27. The second kappa shape index (κ2) is 6.66. The monoisotopic (exact) mass is 344 g/mol. The van der Waals surface area contributed by atoms with E-state index in [-0.39, 0.29) is 11.8 Å². The number of nitriles is 1. The Hall–Kier alpha value is -3.10. The third-order valence-electron chi connectivity index (χ3n) is 4.99. The summed E-state index contributed by atoms with van der Waals surface area (Å²) in [6, 6.07) is 14.0. The van der Waals surface area contributed by atoms with Crippen molar-refractivity contribution in [2.75, 3.05) is 25.5 Å². The molecule has 1 aliphatic rings. The summed E-state index contributed by atoms with van der Waals surface area (Å²) < 4.78 is 1.49. The number of anilines is 1. The fourth-order valence-corrected chi connectivity index (χ4v) is 3.63. The fraction of sp³-hybridized carbons (Fsp3) is 0.238. The van der Waals surface area contributed by atoms with Gasteiger partial charge in [-0.15, -0.1) is 0 Å². The zero-order valence-corrected chi connectivity index (χ0v) is 14.6. The van der Waals surface area contributed by atoms with Crippen molar-refractivity contribution in [3.63, 3.8) is 0 Å². The van der Waals surface area contributed by atoms with Gasteiger partial charge in [-0.3, -0.25) is 9.36 Å². The molecule has 1 amide bonds. The molecule has 1 aromatic heterocycles. The van der Waals surface area contributed by atoms with Crippen molar-refractivity contribution in [3.8, 4) is 17.3 Å². The van der Waals surface area contributed by atoms with E-state index in [2.05, 4.69) is 16.4 Å². The van der Waals surface area contributed by atoms with Crippen LogP contribution in [0.3, 0.4) is 0 Å². The van der Waals surface area contributed by atoms with Gasteiger partial charge < -0.3 is 10.2 Å². The maximum absolute atomic E-state index is 12.6. The Kier molecular flexibility index (Phi) is 4.19. The largest absolute Gasteiger partial charge is 0.326 e. The van der Waals surface area contributed by atoms with Crippen molar-refractivity contribution in [1.29, 1.82) is 5.26 Å². The Labute approximate surface area is 152 Å². The van der Waals surface area contributed by atoms with E-state index >= 15 is 0 Å². The minimum Gasteiger partial charge on any atom is -0.326 e. The van der Waals surface area contributed by atoms with Crippen molar-refractivity contribution in [2.24, 2.45) is 5.92 Å². The van der Waals surface area contributed by atoms with Crippen LogP contribution in [0.1, 0.15) is 6.42 Å². The Bertz CT molecular complexity index is 1000. The first kappa shape index (κ1) is 16.4. The van der Waals surface area contributed by atoms with E-state index in [4.69, 9.17) is 0 Å². The van der Waals surface area contributed by atoms with Crippen LogP contribution in [0.25, 0.3) is 21.9 Å². The summed E-state index contributed by atoms with van der Waals surface area (Å²) >= 11 is 0. The van der Waals surface area contributed by atoms with Crippen LogP contribution in [0, 0.1) is 17.4 Å². The maximum Gasteiger partial charge on any atom is 0.228 e. The first-order valence-electron chi connectivity index (χ1n) is 8.75. The van der Waals surface area contributed by atoms with Gasteiger partial charge in [-0.25, -0.2) is 0 Å². The number of rotatable bonds is 3. The van der Waals surface area contributed by atoms with Gasteiger partial charge in [0.25, 0.3) is 0 Å². The molecule has 1 fully saturated rings. The highest BCUT2D eigenvalue weighted by molar-refractivity contribution is 6.02. The molecule has 0 bridgehead atoms. The number of amides is 1. The van der Waals surface area contributed by atoms with Crippen LogP contribution in [0.5, 0.6) is 0 Å². The molecule has 0 saturated carbocycles. The van der Waals surface area contributed by atoms with Crippen molar-refractivity contribution in [2.45, 2.75) is 6.42 Å². The van der Waals surface area contributed by atoms with Crippen LogP contribution < -0.4 is 5.32 Å².